The van der Waals surface area contributed by atoms with Crippen LogP contribution >= 0.6 is 0 Å². The van der Waals surface area contributed by atoms with Crippen LogP contribution in [0.1, 0.15) is 5.56 Å². The van der Waals surface area contributed by atoms with Gasteiger partial charge in [0.2, 0.25) is 0 Å². The van der Waals surface area contributed by atoms with E-state index >= 15 is 0 Å². The second-order valence-corrected chi connectivity index (χ2v) is 3.99. The van der Waals surface area contributed by atoms with Crippen LogP contribution in [0.5, 0.6) is 0 Å². The molecule has 0 bridgehead atoms. The van der Waals surface area contributed by atoms with Gasteiger partial charge in [-0.1, -0.05) is 6.07 Å². The van der Waals surface area contributed by atoms with Crippen LogP contribution in [0.3, 0.4) is 0 Å². The summed E-state index contributed by atoms with van der Waals surface area (Å²) in [5.74, 6) is 0. The molecule has 2 aromatic rings. The minimum Gasteiger partial charge on any atom is -0.372 e. The van der Waals surface area contributed by atoms with E-state index in [0.29, 0.717) is 11.3 Å². The first-order chi connectivity index (χ1) is 9.08. The summed E-state index contributed by atoms with van der Waals surface area (Å²) in [6, 6.07) is 4.92. The minimum absolute atomic E-state index is 0.0395. The van der Waals surface area contributed by atoms with Gasteiger partial charge >= 0.3 is 0 Å². The zero-order valence-electron chi connectivity index (χ0n) is 10.5. The Morgan fingerprint density at radius 1 is 1.37 bits per heavy atom. The van der Waals surface area contributed by atoms with E-state index in [1.165, 1.54) is 29.6 Å². The number of hydrogen-bond acceptors (Lipinski definition) is 6. The fraction of sp³-hybridized carbons (Fsp3) is 0.182. The Bertz CT molecular complexity index is 606. The summed E-state index contributed by atoms with van der Waals surface area (Å²) < 4.78 is 1.41. The highest BCUT2D eigenvalue weighted by molar-refractivity contribution is 5.83. The first kappa shape index (κ1) is 12.7. The van der Waals surface area contributed by atoms with Gasteiger partial charge in [0.1, 0.15) is 18.3 Å². The van der Waals surface area contributed by atoms with Gasteiger partial charge in [-0.25, -0.2) is 4.68 Å². The Balaban J connectivity index is 2.33. The van der Waals surface area contributed by atoms with Crippen LogP contribution in [0, 0.1) is 10.1 Å². The molecule has 0 N–H and O–H groups in total. The number of hydrogen-bond donors (Lipinski definition) is 0. The molecular formula is C11H12N6O2. The van der Waals surface area contributed by atoms with Gasteiger partial charge in [0.05, 0.1) is 11.1 Å². The largest absolute Gasteiger partial charge is 0.372 e. The monoisotopic (exact) mass is 260 g/mol. The Hall–Kier alpha value is -2.77. The van der Waals surface area contributed by atoms with Crippen LogP contribution in [0.25, 0.3) is 0 Å². The number of aromatic nitrogens is 3. The Morgan fingerprint density at radius 3 is 2.63 bits per heavy atom. The number of benzene rings is 1. The predicted octanol–water partition coefficient (Wildman–Crippen LogP) is 1.13. The molecule has 0 radical (unpaired) electrons. The number of nitrogens with zero attached hydrogens (tertiary/aromatic N) is 6. The van der Waals surface area contributed by atoms with Crippen molar-refractivity contribution < 1.29 is 4.92 Å². The second-order valence-electron chi connectivity index (χ2n) is 3.99. The maximum absolute atomic E-state index is 11.0. The van der Waals surface area contributed by atoms with E-state index in [2.05, 4.69) is 15.3 Å². The molecule has 1 aromatic carbocycles. The topological polar surface area (TPSA) is 89.5 Å². The lowest BCUT2D eigenvalue weighted by molar-refractivity contribution is -0.384. The minimum atomic E-state index is -0.411. The third-order valence-corrected chi connectivity index (χ3v) is 2.42. The van der Waals surface area contributed by atoms with Gasteiger partial charge in [0.15, 0.2) is 0 Å². The lowest BCUT2D eigenvalue weighted by atomic mass is 10.2. The molecule has 0 saturated carbocycles. The van der Waals surface area contributed by atoms with E-state index in [4.69, 9.17) is 0 Å². The third-order valence-electron chi connectivity index (χ3n) is 2.42. The van der Waals surface area contributed by atoms with Gasteiger partial charge in [-0.3, -0.25) is 10.1 Å². The molecule has 1 heterocycles. The first-order valence-electron chi connectivity index (χ1n) is 5.42. The zero-order chi connectivity index (χ0) is 13.8. The molecule has 8 nitrogen and oxygen atoms in total. The van der Waals surface area contributed by atoms with Crippen LogP contribution in [0.4, 0.5) is 11.4 Å². The molecule has 1 aromatic heterocycles. The number of rotatable bonds is 4. The molecule has 8 heteroatoms. The zero-order valence-corrected chi connectivity index (χ0v) is 10.5. The van der Waals surface area contributed by atoms with Crippen LogP contribution in [-0.2, 0) is 0 Å². The highest BCUT2D eigenvalue weighted by Crippen LogP contribution is 2.27. The van der Waals surface area contributed by atoms with Crippen LogP contribution in [0.2, 0.25) is 0 Å². The van der Waals surface area contributed by atoms with Gasteiger partial charge < -0.3 is 4.90 Å². The summed E-state index contributed by atoms with van der Waals surface area (Å²) in [5, 5.41) is 22.3. The fourth-order valence-electron chi connectivity index (χ4n) is 1.53. The molecular weight excluding hydrogens is 248 g/mol. The molecule has 98 valence electrons. The smallest absolute Gasteiger partial charge is 0.293 e. The Labute approximate surface area is 109 Å². The molecule has 0 saturated heterocycles. The highest BCUT2D eigenvalue weighted by atomic mass is 16.6. The standard InChI is InChI=1S/C11H12N6O2/c1-15(2)10-4-3-9(5-11(10)17(18)19)6-14-16-7-12-13-8-16/h3-8H,1-2H3/b14-6+. The summed E-state index contributed by atoms with van der Waals surface area (Å²) in [5.41, 5.74) is 1.22. The van der Waals surface area contributed by atoms with E-state index in [0.717, 1.165) is 0 Å². The third kappa shape index (κ3) is 2.92. The maximum atomic E-state index is 11.0. The van der Waals surface area contributed by atoms with E-state index < -0.39 is 4.92 Å². The van der Waals surface area contributed by atoms with Crippen molar-refractivity contribution in [3.05, 3.63) is 46.5 Å². The molecule has 0 aliphatic heterocycles. The molecule has 0 aliphatic rings. The van der Waals surface area contributed by atoms with Crippen LogP contribution in [0.15, 0.2) is 36.0 Å². The highest BCUT2D eigenvalue weighted by Gasteiger charge is 2.15. The average molecular weight is 260 g/mol. The molecule has 0 spiro atoms. The van der Waals surface area contributed by atoms with Crippen molar-refractivity contribution in [3.63, 3.8) is 0 Å². The molecule has 0 amide bonds. The van der Waals surface area contributed by atoms with Gasteiger partial charge in [-0.2, -0.15) is 5.10 Å². The number of nitro groups is 1. The summed E-state index contributed by atoms with van der Waals surface area (Å²) in [6.07, 6.45) is 4.37. The van der Waals surface area contributed by atoms with Gasteiger partial charge in [-0.15, -0.1) is 10.2 Å². The molecule has 2 rings (SSSR count). The second kappa shape index (κ2) is 5.25. The quantitative estimate of drug-likeness (QED) is 0.467. The van der Waals surface area contributed by atoms with E-state index in [1.54, 1.807) is 31.1 Å². The van der Waals surface area contributed by atoms with E-state index in [1.807, 2.05) is 0 Å². The van der Waals surface area contributed by atoms with Gasteiger partial charge in [0.25, 0.3) is 5.69 Å². The van der Waals surface area contributed by atoms with Gasteiger partial charge in [0, 0.05) is 25.7 Å². The molecule has 0 aliphatic carbocycles. The lowest BCUT2D eigenvalue weighted by Gasteiger charge is -2.12. The molecule has 0 atom stereocenters. The van der Waals surface area contributed by atoms with Crippen LogP contribution in [-0.4, -0.2) is 40.1 Å². The summed E-state index contributed by atoms with van der Waals surface area (Å²) >= 11 is 0. The van der Waals surface area contributed by atoms with Gasteiger partial charge in [-0.05, 0) is 6.07 Å². The average Bonchev–Trinajstić information content (AvgIpc) is 2.88. The molecule has 0 fully saturated rings. The van der Waals surface area contributed by atoms with Crippen molar-refractivity contribution in [2.45, 2.75) is 0 Å². The molecule has 0 unspecified atom stereocenters. The summed E-state index contributed by atoms with van der Waals surface area (Å²) in [7, 11) is 3.51. The first-order valence-corrected chi connectivity index (χ1v) is 5.42. The number of anilines is 1. The lowest BCUT2D eigenvalue weighted by Crippen LogP contribution is -2.11. The molecule has 19 heavy (non-hydrogen) atoms. The van der Waals surface area contributed by atoms with E-state index in [-0.39, 0.29) is 5.69 Å². The van der Waals surface area contributed by atoms with Crippen LogP contribution < -0.4 is 4.90 Å². The van der Waals surface area contributed by atoms with Crippen molar-refractivity contribution in [3.8, 4) is 0 Å². The summed E-state index contributed by atoms with van der Waals surface area (Å²) in [6.45, 7) is 0. The fourth-order valence-corrected chi connectivity index (χ4v) is 1.53. The number of nitro benzene ring substituents is 1. The Morgan fingerprint density at radius 2 is 2.05 bits per heavy atom. The van der Waals surface area contributed by atoms with Crippen molar-refractivity contribution in [2.24, 2.45) is 5.10 Å². The van der Waals surface area contributed by atoms with E-state index in [9.17, 15) is 10.1 Å². The summed E-state index contributed by atoms with van der Waals surface area (Å²) in [4.78, 5) is 12.3. The normalized spacial score (nSPS) is 10.8. The maximum Gasteiger partial charge on any atom is 0.293 e. The SMILES string of the molecule is CN(C)c1ccc(/C=N/n2cnnc2)cc1[N+](=O)[O-]. The van der Waals surface area contributed by atoms with Crippen molar-refractivity contribution in [1.82, 2.24) is 14.9 Å². The Kier molecular flexibility index (Phi) is 3.51. The van der Waals surface area contributed by atoms with Crippen molar-refractivity contribution in [2.75, 3.05) is 19.0 Å². The van der Waals surface area contributed by atoms with Crippen molar-refractivity contribution >= 4 is 17.6 Å². The predicted molar refractivity (Wildman–Crippen MR) is 70.4 cm³/mol. The van der Waals surface area contributed by atoms with Crippen molar-refractivity contribution in [1.29, 1.82) is 0 Å².